The minimum absolute atomic E-state index is 0.510. The molecule has 1 aromatic carbocycles. The molecule has 0 N–H and O–H groups in total. The Kier molecular flexibility index (Phi) is 1.23. The van der Waals surface area contributed by atoms with Crippen molar-refractivity contribution in [3.05, 3.63) is 24.4 Å². The van der Waals surface area contributed by atoms with Crippen LogP contribution in [0.4, 0.5) is 0 Å². The molecule has 4 aromatic rings. The lowest BCUT2D eigenvalue weighted by Crippen LogP contribution is -1.98. The summed E-state index contributed by atoms with van der Waals surface area (Å²) in [7, 11) is 0. The van der Waals surface area contributed by atoms with Crippen molar-refractivity contribution in [1.82, 2.24) is 30.6 Å². The van der Waals surface area contributed by atoms with Crippen LogP contribution in [0, 0.1) is 0 Å². The van der Waals surface area contributed by atoms with Crippen LogP contribution in [0.25, 0.3) is 33.0 Å². The van der Waals surface area contributed by atoms with Crippen LogP contribution in [0.2, 0.25) is 0 Å². The summed E-state index contributed by atoms with van der Waals surface area (Å²) in [6.45, 7) is 0. The van der Waals surface area contributed by atoms with Gasteiger partial charge in [0.05, 0.1) is 10.9 Å². The summed E-state index contributed by atoms with van der Waals surface area (Å²) in [4.78, 5) is 4.18. The molecule has 0 unspecified atom stereocenters. The van der Waals surface area contributed by atoms with Gasteiger partial charge in [0.2, 0.25) is 5.65 Å². The Hall–Kier alpha value is -2.50. The van der Waals surface area contributed by atoms with Gasteiger partial charge in [-0.3, -0.25) is 0 Å². The molecule has 0 atom stereocenters. The molecule has 74 valence electrons. The maximum absolute atomic E-state index is 4.18. The second kappa shape index (κ2) is 2.54. The molecule has 0 amide bonds. The first kappa shape index (κ1) is 7.75. The molecule has 6 heteroatoms. The topological polar surface area (TPSA) is 77.3 Å². The number of aromatic nitrogens is 6. The molecule has 16 heavy (non-hydrogen) atoms. The molecule has 0 bridgehead atoms. The average Bonchev–Trinajstić information content (AvgIpc) is 2.36. The van der Waals surface area contributed by atoms with Crippen molar-refractivity contribution >= 4 is 33.0 Å². The first-order chi connectivity index (χ1) is 7.93. The zero-order chi connectivity index (χ0) is 10.5. The Labute approximate surface area is 88.7 Å². The molecule has 0 saturated heterocycles. The van der Waals surface area contributed by atoms with Gasteiger partial charge >= 0.3 is 0 Å². The van der Waals surface area contributed by atoms with Crippen molar-refractivity contribution in [3.8, 4) is 0 Å². The Balaban J connectivity index is 2.51. The fourth-order valence-electron chi connectivity index (χ4n) is 1.95. The van der Waals surface area contributed by atoms with E-state index >= 15 is 0 Å². The van der Waals surface area contributed by atoms with Crippen LogP contribution in [-0.4, -0.2) is 30.6 Å². The normalized spacial score (nSPS) is 11.8. The van der Waals surface area contributed by atoms with Crippen LogP contribution in [0.3, 0.4) is 0 Å². The van der Waals surface area contributed by atoms with Crippen molar-refractivity contribution in [3.63, 3.8) is 0 Å². The highest BCUT2D eigenvalue weighted by molar-refractivity contribution is 6.17. The minimum Gasteiger partial charge on any atom is -0.235 e. The molecule has 0 fully saturated rings. The standard InChI is InChI=1S/C10H4N6/c1-2-6-8-7-5(1)3-4-11-9(7)13-14-10(8)15-16-12-6/h1-4H. The average molecular weight is 208 g/mol. The number of pyridine rings is 1. The summed E-state index contributed by atoms with van der Waals surface area (Å²) < 4.78 is 0. The molecule has 4 rings (SSSR count). The van der Waals surface area contributed by atoms with Gasteiger partial charge in [-0.15, -0.1) is 20.4 Å². The summed E-state index contributed by atoms with van der Waals surface area (Å²) in [5.41, 5.74) is 1.90. The lowest BCUT2D eigenvalue weighted by atomic mass is 10.1. The van der Waals surface area contributed by atoms with E-state index in [1.54, 1.807) is 6.20 Å². The van der Waals surface area contributed by atoms with E-state index in [0.717, 1.165) is 21.7 Å². The van der Waals surface area contributed by atoms with Crippen LogP contribution in [0.5, 0.6) is 0 Å². The predicted molar refractivity (Wildman–Crippen MR) is 56.9 cm³/mol. The van der Waals surface area contributed by atoms with E-state index < -0.39 is 0 Å². The molecular weight excluding hydrogens is 204 g/mol. The van der Waals surface area contributed by atoms with Crippen molar-refractivity contribution in [2.24, 2.45) is 0 Å². The number of hydrogen-bond acceptors (Lipinski definition) is 6. The molecule has 6 nitrogen and oxygen atoms in total. The van der Waals surface area contributed by atoms with Gasteiger partial charge in [-0.1, -0.05) is 6.07 Å². The highest BCUT2D eigenvalue weighted by Crippen LogP contribution is 2.27. The number of rotatable bonds is 0. The van der Waals surface area contributed by atoms with E-state index in [0.29, 0.717) is 11.3 Å². The van der Waals surface area contributed by atoms with E-state index in [9.17, 15) is 0 Å². The molecule has 0 aliphatic carbocycles. The molecule has 0 saturated carbocycles. The second-order valence-electron chi connectivity index (χ2n) is 3.51. The summed E-state index contributed by atoms with van der Waals surface area (Å²) in [5.74, 6) is 0. The third-order valence-electron chi connectivity index (χ3n) is 2.65. The SMILES string of the molecule is c1cc2ccc3nnnc4nnc(n1)c2c34. The van der Waals surface area contributed by atoms with Gasteiger partial charge in [0.1, 0.15) is 0 Å². The first-order valence-electron chi connectivity index (χ1n) is 4.76. The lowest BCUT2D eigenvalue weighted by Gasteiger charge is -2.04. The maximum atomic E-state index is 4.18. The van der Waals surface area contributed by atoms with Gasteiger partial charge in [0.15, 0.2) is 5.65 Å². The van der Waals surface area contributed by atoms with Crippen LogP contribution in [-0.2, 0) is 0 Å². The zero-order valence-electron chi connectivity index (χ0n) is 7.99. The smallest absolute Gasteiger partial charge is 0.208 e. The fraction of sp³-hybridized carbons (Fsp3) is 0. The third-order valence-corrected chi connectivity index (χ3v) is 2.65. The van der Waals surface area contributed by atoms with E-state index in [1.165, 1.54) is 0 Å². The molecule has 0 aliphatic heterocycles. The van der Waals surface area contributed by atoms with Gasteiger partial charge < -0.3 is 0 Å². The molecule has 3 heterocycles. The first-order valence-corrected chi connectivity index (χ1v) is 4.76. The number of benzene rings is 1. The summed E-state index contributed by atoms with van der Waals surface area (Å²) >= 11 is 0. The monoisotopic (exact) mass is 208 g/mol. The summed E-state index contributed by atoms with van der Waals surface area (Å²) in [5, 5.41) is 22.4. The van der Waals surface area contributed by atoms with Crippen LogP contribution in [0.15, 0.2) is 24.4 Å². The Morgan fingerprint density at radius 2 is 1.69 bits per heavy atom. The highest BCUT2D eigenvalue weighted by Gasteiger charge is 2.12. The maximum Gasteiger partial charge on any atom is 0.208 e. The van der Waals surface area contributed by atoms with Crippen molar-refractivity contribution in [2.75, 3.05) is 0 Å². The van der Waals surface area contributed by atoms with E-state index in [-0.39, 0.29) is 0 Å². The third kappa shape index (κ3) is 0.813. The molecule has 0 radical (unpaired) electrons. The van der Waals surface area contributed by atoms with Gasteiger partial charge in [-0.25, -0.2) is 4.98 Å². The molecule has 0 spiro atoms. The number of hydrogen-bond donors (Lipinski definition) is 0. The fourth-order valence-corrected chi connectivity index (χ4v) is 1.95. The molecule has 3 aromatic heterocycles. The van der Waals surface area contributed by atoms with Crippen LogP contribution in [0.1, 0.15) is 0 Å². The van der Waals surface area contributed by atoms with Gasteiger partial charge in [0, 0.05) is 11.6 Å². The lowest BCUT2D eigenvalue weighted by molar-refractivity contribution is 0.894. The van der Waals surface area contributed by atoms with Gasteiger partial charge in [-0.2, -0.15) is 0 Å². The van der Waals surface area contributed by atoms with Crippen molar-refractivity contribution < 1.29 is 0 Å². The van der Waals surface area contributed by atoms with Crippen LogP contribution >= 0.6 is 0 Å². The number of nitrogens with zero attached hydrogens (tertiary/aromatic N) is 6. The molecular formula is C10H4N6. The van der Waals surface area contributed by atoms with Crippen LogP contribution < -0.4 is 0 Å². The highest BCUT2D eigenvalue weighted by atomic mass is 15.3. The largest absolute Gasteiger partial charge is 0.235 e. The zero-order valence-corrected chi connectivity index (χ0v) is 7.99. The van der Waals surface area contributed by atoms with Crippen molar-refractivity contribution in [1.29, 1.82) is 0 Å². The van der Waals surface area contributed by atoms with E-state index in [4.69, 9.17) is 0 Å². The van der Waals surface area contributed by atoms with E-state index in [1.807, 2.05) is 18.2 Å². The van der Waals surface area contributed by atoms with Gasteiger partial charge in [0.25, 0.3) is 0 Å². The predicted octanol–water partition coefficient (Wildman–Crippen LogP) is 0.954. The second-order valence-corrected chi connectivity index (χ2v) is 3.51. The quantitative estimate of drug-likeness (QED) is 0.400. The Morgan fingerprint density at radius 3 is 2.69 bits per heavy atom. The van der Waals surface area contributed by atoms with Crippen molar-refractivity contribution in [2.45, 2.75) is 0 Å². The summed E-state index contributed by atoms with van der Waals surface area (Å²) in [6.07, 6.45) is 1.72. The minimum atomic E-state index is 0.510. The van der Waals surface area contributed by atoms with E-state index in [2.05, 4.69) is 30.6 Å². The van der Waals surface area contributed by atoms with Gasteiger partial charge in [-0.05, 0) is 22.7 Å². The Bertz CT molecular complexity index is 682. The molecule has 0 aliphatic rings. The Morgan fingerprint density at radius 1 is 0.750 bits per heavy atom. The summed E-state index contributed by atoms with van der Waals surface area (Å²) in [6, 6.07) is 5.81.